The second-order valence-corrected chi connectivity index (χ2v) is 16.4. The van der Waals surface area contributed by atoms with Gasteiger partial charge in [0.25, 0.3) is 0 Å². The summed E-state index contributed by atoms with van der Waals surface area (Å²) in [7, 11) is 0.0921. The maximum Gasteiger partial charge on any atom is 0.222 e. The Bertz CT molecular complexity index is 1630. The Balaban J connectivity index is 1.18. The molecule has 0 aliphatic heterocycles. The van der Waals surface area contributed by atoms with Crippen LogP contribution in [0.15, 0.2) is 133 Å². The minimum Gasteiger partial charge on any atom is -0.339 e. The molecule has 1 aliphatic rings. The molecule has 0 N–H and O–H groups in total. The van der Waals surface area contributed by atoms with Gasteiger partial charge in [0.2, 0.25) is 5.91 Å². The molecule has 0 radical (unpaired) electrons. The van der Waals surface area contributed by atoms with Crippen LogP contribution < -0.4 is 15.9 Å². The Morgan fingerprint density at radius 3 is 1.76 bits per heavy atom. The molecule has 228 valence electrons. The molecule has 0 unspecified atom stereocenters. The summed E-state index contributed by atoms with van der Waals surface area (Å²) in [6.45, 7) is 0. The van der Waals surface area contributed by atoms with E-state index in [0.29, 0.717) is 16.5 Å². The average molecular weight is 652 g/mol. The first kappa shape index (κ1) is 31.6. The van der Waals surface area contributed by atoms with Gasteiger partial charge in [-0.1, -0.05) is 108 Å². The zero-order valence-corrected chi connectivity index (χ0v) is 28.1. The van der Waals surface area contributed by atoms with Crippen LogP contribution in [0.2, 0.25) is 10.0 Å². The van der Waals surface area contributed by atoms with Gasteiger partial charge in [-0.25, -0.2) is 0 Å². The molecule has 0 aromatic heterocycles. The van der Waals surface area contributed by atoms with E-state index in [0.717, 1.165) is 31.8 Å². The first-order valence-corrected chi connectivity index (χ1v) is 18.6. The number of carbonyl (C=O) groups is 1. The minimum atomic E-state index is -1.89. The summed E-state index contributed by atoms with van der Waals surface area (Å²) in [5.74, 6) is 0.452. The van der Waals surface area contributed by atoms with E-state index in [1.807, 2.05) is 24.1 Å². The summed E-state index contributed by atoms with van der Waals surface area (Å²) in [6.07, 6.45) is 5.28. The predicted octanol–water partition coefficient (Wildman–Crippen LogP) is 9.58. The van der Waals surface area contributed by atoms with Crippen molar-refractivity contribution in [3.05, 3.63) is 160 Å². The molecule has 45 heavy (non-hydrogen) atoms. The van der Waals surface area contributed by atoms with Crippen molar-refractivity contribution >= 4 is 52.3 Å². The van der Waals surface area contributed by atoms with Crippen molar-refractivity contribution in [1.29, 1.82) is 0 Å². The Hall–Kier alpha value is -3.42. The monoisotopic (exact) mass is 650 g/mol. The highest BCUT2D eigenvalue weighted by Crippen LogP contribution is 2.56. The maximum absolute atomic E-state index is 13.7. The van der Waals surface area contributed by atoms with Gasteiger partial charge in [-0.2, -0.15) is 0 Å². The van der Waals surface area contributed by atoms with Crippen LogP contribution in [-0.4, -0.2) is 24.0 Å². The van der Waals surface area contributed by atoms with Crippen LogP contribution >= 0.6 is 30.5 Å². The fourth-order valence-electron chi connectivity index (χ4n) is 7.10. The summed E-state index contributed by atoms with van der Waals surface area (Å²) in [5, 5.41) is 5.33. The third-order valence-corrected chi connectivity index (χ3v) is 14.7. The quantitative estimate of drug-likeness (QED) is 0.109. The van der Waals surface area contributed by atoms with Crippen LogP contribution in [0.4, 0.5) is 0 Å². The van der Waals surface area contributed by atoms with Gasteiger partial charge in [0.05, 0.1) is 22.2 Å². The lowest BCUT2D eigenvalue weighted by atomic mass is 9.76. The zero-order valence-electron chi connectivity index (χ0n) is 25.7. The van der Waals surface area contributed by atoms with Crippen molar-refractivity contribution in [1.82, 2.24) is 4.90 Å². The molecule has 5 heteroatoms. The van der Waals surface area contributed by atoms with E-state index in [4.69, 9.17) is 23.2 Å². The van der Waals surface area contributed by atoms with E-state index in [9.17, 15) is 4.79 Å². The zero-order chi connectivity index (χ0) is 31.2. The lowest BCUT2D eigenvalue weighted by Gasteiger charge is -2.37. The van der Waals surface area contributed by atoms with Crippen LogP contribution in [0.3, 0.4) is 0 Å². The van der Waals surface area contributed by atoms with Crippen molar-refractivity contribution in [2.24, 2.45) is 0 Å². The van der Waals surface area contributed by atoms with Crippen molar-refractivity contribution < 1.29 is 4.79 Å². The molecule has 0 saturated carbocycles. The van der Waals surface area contributed by atoms with Crippen molar-refractivity contribution in [2.75, 3.05) is 13.2 Å². The summed E-state index contributed by atoms with van der Waals surface area (Å²) in [5.41, 5.74) is 3.68. The minimum absolute atomic E-state index is 0.0669. The molecule has 1 aliphatic carbocycles. The SMILES string of the molecule is CN(C(=O)CCCC[P+](c1ccccc1)(c1ccccc1)c1ccccc1)[C@H]1CC[C@@H](c2ccc(Cl)c(Cl)c2)c2ccccc21. The van der Waals surface area contributed by atoms with E-state index in [-0.39, 0.29) is 17.9 Å². The van der Waals surface area contributed by atoms with Crippen LogP contribution in [0.25, 0.3) is 0 Å². The summed E-state index contributed by atoms with van der Waals surface area (Å²) in [6, 6.07) is 47.5. The van der Waals surface area contributed by atoms with Crippen LogP contribution in [-0.2, 0) is 4.79 Å². The molecule has 6 rings (SSSR count). The van der Waals surface area contributed by atoms with Crippen molar-refractivity contribution in [2.45, 2.75) is 44.1 Å². The number of nitrogens with zero attached hydrogens (tertiary/aromatic N) is 1. The summed E-state index contributed by atoms with van der Waals surface area (Å²) >= 11 is 12.6. The maximum atomic E-state index is 13.7. The molecule has 0 bridgehead atoms. The number of carbonyl (C=O) groups excluding carboxylic acids is 1. The van der Waals surface area contributed by atoms with Gasteiger partial charge in [-0.05, 0) is 90.9 Å². The molecular weight excluding hydrogens is 612 g/mol. The number of unbranched alkanes of at least 4 members (excludes halogenated alkanes) is 1. The molecule has 5 aromatic carbocycles. The van der Waals surface area contributed by atoms with Crippen molar-refractivity contribution in [3.8, 4) is 0 Å². The molecule has 0 fully saturated rings. The molecule has 0 heterocycles. The number of amides is 1. The Morgan fingerprint density at radius 2 is 1.20 bits per heavy atom. The fraction of sp³-hybridized carbons (Fsp3) is 0.225. The van der Waals surface area contributed by atoms with Gasteiger partial charge in [-0.15, -0.1) is 0 Å². The third-order valence-electron chi connectivity index (χ3n) is 9.39. The molecule has 0 saturated heterocycles. The number of fused-ring (bicyclic) bond motifs is 1. The Morgan fingerprint density at radius 1 is 0.667 bits per heavy atom. The number of halogens is 2. The molecule has 2 nitrogen and oxygen atoms in total. The van der Waals surface area contributed by atoms with Crippen molar-refractivity contribution in [3.63, 3.8) is 0 Å². The predicted molar refractivity (Wildman–Crippen MR) is 193 cm³/mol. The number of hydrogen-bond acceptors (Lipinski definition) is 1. The smallest absolute Gasteiger partial charge is 0.222 e. The van der Waals surface area contributed by atoms with E-state index < -0.39 is 7.26 Å². The standard InChI is InChI=1S/C40H39Cl2NOP/c1-43(39-27-25-34(35-21-11-12-22-36(35)39)30-24-26-37(41)38(42)29-30)40(44)23-13-14-28-45(31-15-5-2-6-16-31,32-17-7-3-8-18-32)33-19-9-4-10-20-33/h2-12,15-22,24,26,29,34,39H,13-14,23,25,27-28H2,1H3/q+1/t34-,39-/m0/s1. The van der Waals surface area contributed by atoms with Gasteiger partial charge >= 0.3 is 0 Å². The first-order chi connectivity index (χ1) is 22.0. The highest BCUT2D eigenvalue weighted by Gasteiger charge is 2.44. The highest BCUT2D eigenvalue weighted by molar-refractivity contribution is 7.95. The van der Waals surface area contributed by atoms with Gasteiger partial charge < -0.3 is 4.90 Å². The van der Waals surface area contributed by atoms with E-state index >= 15 is 0 Å². The second kappa shape index (κ2) is 14.3. The van der Waals surface area contributed by atoms with E-state index in [1.165, 1.54) is 32.6 Å². The fourth-order valence-corrected chi connectivity index (χ4v) is 11.8. The molecule has 1 amide bonds. The number of benzene rings is 5. The normalized spacial score (nSPS) is 16.2. The first-order valence-electron chi connectivity index (χ1n) is 15.8. The summed E-state index contributed by atoms with van der Waals surface area (Å²) < 4.78 is 0. The van der Waals surface area contributed by atoms with Gasteiger partial charge in [-0.3, -0.25) is 4.79 Å². The van der Waals surface area contributed by atoms with E-state index in [1.54, 1.807) is 0 Å². The Kier molecular flexibility index (Phi) is 10.1. The number of rotatable bonds is 10. The lowest BCUT2D eigenvalue weighted by Crippen LogP contribution is -2.34. The lowest BCUT2D eigenvalue weighted by molar-refractivity contribution is -0.132. The van der Waals surface area contributed by atoms with Gasteiger partial charge in [0.15, 0.2) is 0 Å². The Labute approximate surface area is 278 Å². The highest BCUT2D eigenvalue weighted by atomic mass is 35.5. The third kappa shape index (κ3) is 6.61. The number of hydrogen-bond donors (Lipinski definition) is 0. The van der Waals surface area contributed by atoms with Gasteiger partial charge in [0.1, 0.15) is 23.2 Å². The summed E-state index contributed by atoms with van der Waals surface area (Å²) in [4.78, 5) is 15.7. The topological polar surface area (TPSA) is 20.3 Å². The van der Waals surface area contributed by atoms with E-state index in [2.05, 4.69) is 121 Å². The molecule has 0 spiro atoms. The van der Waals surface area contributed by atoms with Crippen LogP contribution in [0.1, 0.15) is 60.8 Å². The average Bonchev–Trinajstić information content (AvgIpc) is 3.10. The van der Waals surface area contributed by atoms with Crippen LogP contribution in [0, 0.1) is 0 Å². The molecule has 5 aromatic rings. The molecular formula is C40H39Cl2NOP+. The largest absolute Gasteiger partial charge is 0.339 e. The molecule has 2 atom stereocenters. The van der Waals surface area contributed by atoms with Gasteiger partial charge in [0, 0.05) is 19.4 Å². The second-order valence-electron chi connectivity index (χ2n) is 11.9. The van der Waals surface area contributed by atoms with Crippen LogP contribution in [0.5, 0.6) is 0 Å².